The van der Waals surface area contributed by atoms with Gasteiger partial charge in [0.15, 0.2) is 6.61 Å². The summed E-state index contributed by atoms with van der Waals surface area (Å²) in [6.07, 6.45) is 0.0559. The fourth-order valence-electron chi connectivity index (χ4n) is 2.20. The van der Waals surface area contributed by atoms with Crippen molar-refractivity contribution >= 4 is 40.7 Å². The smallest absolute Gasteiger partial charge is 0.277 e. The van der Waals surface area contributed by atoms with Gasteiger partial charge in [-0.2, -0.15) is 5.10 Å². The van der Waals surface area contributed by atoms with Crippen molar-refractivity contribution in [2.45, 2.75) is 19.9 Å². The zero-order chi connectivity index (χ0) is 21.2. The molecule has 0 saturated heterocycles. The lowest BCUT2D eigenvalue weighted by atomic mass is 10.2. The van der Waals surface area contributed by atoms with Gasteiger partial charge < -0.3 is 14.8 Å². The van der Waals surface area contributed by atoms with Crippen LogP contribution in [-0.4, -0.2) is 31.2 Å². The first-order chi connectivity index (χ1) is 13.9. The molecule has 0 atom stereocenters. The lowest BCUT2D eigenvalue weighted by Gasteiger charge is -2.08. The third-order valence-corrected chi connectivity index (χ3v) is 4.22. The van der Waals surface area contributed by atoms with Crippen LogP contribution < -0.4 is 20.2 Å². The molecule has 0 bridgehead atoms. The first-order valence-corrected chi connectivity index (χ1v) is 9.42. The van der Waals surface area contributed by atoms with Crippen LogP contribution in [0.25, 0.3) is 0 Å². The summed E-state index contributed by atoms with van der Waals surface area (Å²) in [5.41, 5.74) is 3.73. The fourth-order valence-corrected chi connectivity index (χ4v) is 2.67. The number of benzene rings is 2. The molecule has 2 rings (SSSR count). The Morgan fingerprint density at radius 3 is 2.45 bits per heavy atom. The quantitative estimate of drug-likeness (QED) is 0.463. The maximum Gasteiger partial charge on any atom is 0.277 e. The normalized spacial score (nSPS) is 11.0. The summed E-state index contributed by atoms with van der Waals surface area (Å²) in [4.78, 5) is 23.8. The zero-order valence-corrected chi connectivity index (χ0v) is 17.5. The number of halogens is 2. The number of hydrogen-bond acceptors (Lipinski definition) is 5. The SMILES string of the molecule is COc1ccc(CNC(=O)C/C(C)=N/NC(=O)COc2ccc(Cl)cc2Cl)cc1. The highest BCUT2D eigenvalue weighted by molar-refractivity contribution is 6.35. The van der Waals surface area contributed by atoms with Gasteiger partial charge in [0.2, 0.25) is 5.91 Å². The molecule has 154 valence electrons. The molecule has 7 nitrogen and oxygen atoms in total. The van der Waals surface area contributed by atoms with Gasteiger partial charge in [0.1, 0.15) is 11.5 Å². The van der Waals surface area contributed by atoms with E-state index in [4.69, 9.17) is 32.7 Å². The van der Waals surface area contributed by atoms with Crippen LogP contribution in [0, 0.1) is 0 Å². The van der Waals surface area contributed by atoms with Crippen LogP contribution in [0.4, 0.5) is 0 Å². The molecular formula is C20H21Cl2N3O4. The van der Waals surface area contributed by atoms with Crippen LogP contribution in [0.1, 0.15) is 18.9 Å². The topological polar surface area (TPSA) is 89.0 Å². The van der Waals surface area contributed by atoms with Gasteiger partial charge in [-0.3, -0.25) is 9.59 Å². The zero-order valence-electron chi connectivity index (χ0n) is 16.0. The molecular weight excluding hydrogens is 417 g/mol. The molecule has 0 unspecified atom stereocenters. The molecule has 0 heterocycles. The van der Waals surface area contributed by atoms with Gasteiger partial charge in [-0.1, -0.05) is 35.3 Å². The van der Waals surface area contributed by atoms with Crippen molar-refractivity contribution in [2.75, 3.05) is 13.7 Å². The molecule has 2 N–H and O–H groups in total. The Morgan fingerprint density at radius 1 is 1.07 bits per heavy atom. The van der Waals surface area contributed by atoms with Crippen molar-refractivity contribution in [2.24, 2.45) is 5.10 Å². The first kappa shape index (κ1) is 22.5. The Hall–Kier alpha value is -2.77. The van der Waals surface area contributed by atoms with E-state index in [1.165, 1.54) is 6.07 Å². The summed E-state index contributed by atoms with van der Waals surface area (Å²) >= 11 is 11.8. The number of rotatable bonds is 9. The van der Waals surface area contributed by atoms with Crippen molar-refractivity contribution in [1.82, 2.24) is 10.7 Å². The maximum absolute atomic E-state index is 12.0. The summed E-state index contributed by atoms with van der Waals surface area (Å²) < 4.78 is 10.4. The summed E-state index contributed by atoms with van der Waals surface area (Å²) in [6, 6.07) is 12.1. The van der Waals surface area contributed by atoms with E-state index in [0.29, 0.717) is 28.1 Å². The molecule has 2 aromatic rings. The molecule has 29 heavy (non-hydrogen) atoms. The lowest BCUT2D eigenvalue weighted by Crippen LogP contribution is -2.28. The molecule has 2 amide bonds. The average Bonchev–Trinajstić information content (AvgIpc) is 2.70. The number of hydrazone groups is 1. The first-order valence-electron chi connectivity index (χ1n) is 8.67. The second-order valence-corrected chi connectivity index (χ2v) is 6.89. The average molecular weight is 438 g/mol. The van der Waals surface area contributed by atoms with Gasteiger partial charge in [-0.15, -0.1) is 0 Å². The molecule has 2 aromatic carbocycles. The summed E-state index contributed by atoms with van der Waals surface area (Å²) in [5, 5.41) is 7.46. The predicted octanol–water partition coefficient (Wildman–Crippen LogP) is 3.58. The standard InChI is InChI=1S/C20H21Cl2N3O4/c1-13(9-19(26)23-11-14-3-6-16(28-2)7-4-14)24-25-20(27)12-29-18-8-5-15(21)10-17(18)22/h3-8,10H,9,11-12H2,1-2H3,(H,23,26)(H,25,27)/b24-13+. The number of amides is 2. The van der Waals surface area contributed by atoms with E-state index < -0.39 is 5.91 Å². The number of nitrogens with one attached hydrogen (secondary N) is 2. The fraction of sp³-hybridized carbons (Fsp3) is 0.250. The van der Waals surface area contributed by atoms with Crippen LogP contribution in [0.15, 0.2) is 47.6 Å². The molecule has 0 aliphatic rings. The third-order valence-electron chi connectivity index (χ3n) is 3.69. The predicted molar refractivity (Wildman–Crippen MR) is 113 cm³/mol. The van der Waals surface area contributed by atoms with Crippen molar-refractivity contribution in [3.05, 3.63) is 58.1 Å². The summed E-state index contributed by atoms with van der Waals surface area (Å²) in [5.74, 6) is 0.403. The number of hydrogen-bond donors (Lipinski definition) is 2. The Labute approximate surface area is 179 Å². The van der Waals surface area contributed by atoms with Gasteiger partial charge >= 0.3 is 0 Å². The minimum absolute atomic E-state index is 0.0559. The Bertz CT molecular complexity index is 886. The van der Waals surface area contributed by atoms with Crippen LogP contribution in [-0.2, 0) is 16.1 Å². The van der Waals surface area contributed by atoms with Gasteiger partial charge in [-0.05, 0) is 42.8 Å². The number of nitrogens with zero attached hydrogens (tertiary/aromatic N) is 1. The number of carbonyl (C=O) groups is 2. The number of methoxy groups -OCH3 is 1. The molecule has 0 aliphatic carbocycles. The molecule has 0 spiro atoms. The summed E-state index contributed by atoms with van der Waals surface area (Å²) in [7, 11) is 1.59. The van der Waals surface area contributed by atoms with Crippen molar-refractivity contribution < 1.29 is 19.1 Å². The second kappa shape index (κ2) is 11.3. The monoisotopic (exact) mass is 437 g/mol. The van der Waals surface area contributed by atoms with Crippen LogP contribution >= 0.6 is 23.2 Å². The molecule has 0 saturated carbocycles. The third kappa shape index (κ3) is 8.01. The van der Waals surface area contributed by atoms with Crippen LogP contribution in [0.5, 0.6) is 11.5 Å². The Kier molecular flexibility index (Phi) is 8.76. The van der Waals surface area contributed by atoms with Crippen molar-refractivity contribution in [1.29, 1.82) is 0 Å². The molecule has 0 radical (unpaired) electrons. The summed E-state index contributed by atoms with van der Waals surface area (Å²) in [6.45, 7) is 1.75. The Morgan fingerprint density at radius 2 is 1.79 bits per heavy atom. The van der Waals surface area contributed by atoms with Crippen molar-refractivity contribution in [3.8, 4) is 11.5 Å². The number of ether oxygens (including phenoxy) is 2. The van der Waals surface area contributed by atoms with Crippen LogP contribution in [0.3, 0.4) is 0 Å². The molecule has 9 heteroatoms. The van der Waals surface area contributed by atoms with E-state index in [0.717, 1.165) is 11.3 Å². The largest absolute Gasteiger partial charge is 0.497 e. The van der Waals surface area contributed by atoms with E-state index in [1.54, 1.807) is 26.2 Å². The molecule has 0 aliphatic heterocycles. The van der Waals surface area contributed by atoms with E-state index in [9.17, 15) is 9.59 Å². The van der Waals surface area contributed by atoms with E-state index >= 15 is 0 Å². The van der Waals surface area contributed by atoms with Gasteiger partial charge in [0.25, 0.3) is 5.91 Å². The highest BCUT2D eigenvalue weighted by Gasteiger charge is 2.08. The highest BCUT2D eigenvalue weighted by Crippen LogP contribution is 2.27. The second-order valence-electron chi connectivity index (χ2n) is 6.05. The van der Waals surface area contributed by atoms with E-state index in [2.05, 4.69) is 15.8 Å². The number of carbonyl (C=O) groups excluding carboxylic acids is 2. The van der Waals surface area contributed by atoms with E-state index in [1.807, 2.05) is 24.3 Å². The molecule has 0 aromatic heterocycles. The Balaban J connectivity index is 1.72. The van der Waals surface area contributed by atoms with Gasteiger partial charge in [-0.25, -0.2) is 5.43 Å². The lowest BCUT2D eigenvalue weighted by molar-refractivity contribution is -0.123. The minimum Gasteiger partial charge on any atom is -0.497 e. The van der Waals surface area contributed by atoms with Gasteiger partial charge in [0.05, 0.1) is 18.6 Å². The highest BCUT2D eigenvalue weighted by atomic mass is 35.5. The minimum atomic E-state index is -0.478. The van der Waals surface area contributed by atoms with E-state index in [-0.39, 0.29) is 18.9 Å². The van der Waals surface area contributed by atoms with Crippen LogP contribution in [0.2, 0.25) is 10.0 Å². The maximum atomic E-state index is 12.0. The van der Waals surface area contributed by atoms with Crippen molar-refractivity contribution in [3.63, 3.8) is 0 Å². The van der Waals surface area contributed by atoms with Gasteiger partial charge in [0, 0.05) is 17.3 Å². The molecule has 0 fully saturated rings.